The number of halogens is 4. The van der Waals surface area contributed by atoms with Gasteiger partial charge in [-0.1, -0.05) is 11.6 Å². The summed E-state index contributed by atoms with van der Waals surface area (Å²) in [6.07, 6.45) is -3.07. The Labute approximate surface area is 177 Å². The third kappa shape index (κ3) is 5.37. The number of carbonyl (C=O) groups excluding carboxylic acids is 2. The molecule has 10 heteroatoms. The molecule has 3 N–H and O–H groups in total. The first-order valence-electron chi connectivity index (χ1n) is 9.96. The lowest BCUT2D eigenvalue weighted by Gasteiger charge is -2.32. The second-order valence-electron chi connectivity index (χ2n) is 8.03. The van der Waals surface area contributed by atoms with Crippen LogP contribution in [0.2, 0.25) is 5.02 Å². The summed E-state index contributed by atoms with van der Waals surface area (Å²) in [6, 6.07) is 4.19. The Hall–Kier alpha value is -2.00. The van der Waals surface area contributed by atoms with Gasteiger partial charge >= 0.3 is 6.18 Å². The Morgan fingerprint density at radius 1 is 1.17 bits per heavy atom. The predicted molar refractivity (Wildman–Crippen MR) is 105 cm³/mol. The highest BCUT2D eigenvalue weighted by atomic mass is 35.5. The van der Waals surface area contributed by atoms with Crippen molar-refractivity contribution in [2.24, 2.45) is 11.3 Å². The maximum absolute atomic E-state index is 12.9. The van der Waals surface area contributed by atoms with Crippen LogP contribution in [0.1, 0.15) is 36.0 Å². The largest absolute Gasteiger partial charge is 0.508 e. The summed E-state index contributed by atoms with van der Waals surface area (Å²) in [5.41, 5.74) is -1.88. The highest BCUT2D eigenvalue weighted by molar-refractivity contribution is 6.31. The van der Waals surface area contributed by atoms with Gasteiger partial charge in [0, 0.05) is 30.2 Å². The molecule has 1 saturated carbocycles. The first-order valence-corrected chi connectivity index (χ1v) is 10.3. The quantitative estimate of drug-likeness (QED) is 0.600. The van der Waals surface area contributed by atoms with E-state index in [0.29, 0.717) is 18.7 Å². The molecule has 1 aliphatic carbocycles. The number of phenols is 1. The van der Waals surface area contributed by atoms with E-state index in [1.54, 1.807) is 0 Å². The zero-order valence-corrected chi connectivity index (χ0v) is 17.2. The molecule has 2 aliphatic rings. The summed E-state index contributed by atoms with van der Waals surface area (Å²) in [5, 5.41) is 15.1. The SMILES string of the molecule is O=C(NCC1CCN(CCNC(=O)C2(C(F)(F)F)CC2)CC1)c1cc(O)cc(Cl)c1. The molecule has 1 aromatic carbocycles. The monoisotopic (exact) mass is 447 g/mol. The summed E-state index contributed by atoms with van der Waals surface area (Å²) in [4.78, 5) is 26.2. The second kappa shape index (κ2) is 9.01. The van der Waals surface area contributed by atoms with E-state index in [1.807, 2.05) is 0 Å². The number of benzene rings is 1. The molecule has 2 fully saturated rings. The third-order valence-corrected chi connectivity index (χ3v) is 6.06. The molecule has 30 heavy (non-hydrogen) atoms. The molecule has 0 bridgehead atoms. The first-order chi connectivity index (χ1) is 14.1. The average Bonchev–Trinajstić information content (AvgIpc) is 3.48. The van der Waals surface area contributed by atoms with Crippen LogP contribution in [-0.2, 0) is 4.79 Å². The van der Waals surface area contributed by atoms with E-state index >= 15 is 0 Å². The van der Waals surface area contributed by atoms with Gasteiger partial charge in [0.15, 0.2) is 0 Å². The molecule has 6 nitrogen and oxygen atoms in total. The van der Waals surface area contributed by atoms with Crippen LogP contribution in [-0.4, -0.2) is 60.7 Å². The second-order valence-corrected chi connectivity index (χ2v) is 8.47. The minimum atomic E-state index is -4.48. The van der Waals surface area contributed by atoms with Gasteiger partial charge in [0.1, 0.15) is 11.2 Å². The molecular weight excluding hydrogens is 423 g/mol. The molecule has 1 saturated heterocycles. The number of carbonyl (C=O) groups is 2. The fourth-order valence-electron chi connectivity index (χ4n) is 3.72. The van der Waals surface area contributed by atoms with Gasteiger partial charge in [-0.25, -0.2) is 0 Å². The number of nitrogens with zero attached hydrogens (tertiary/aromatic N) is 1. The first kappa shape index (κ1) is 22.7. The van der Waals surface area contributed by atoms with Crippen molar-refractivity contribution in [1.29, 1.82) is 0 Å². The summed E-state index contributed by atoms with van der Waals surface area (Å²) in [7, 11) is 0. The molecule has 166 valence electrons. The van der Waals surface area contributed by atoms with Crippen LogP contribution in [0.5, 0.6) is 5.75 Å². The number of phenolic OH excluding ortho intramolecular Hbond substituents is 1. The van der Waals surface area contributed by atoms with Crippen LogP contribution in [0.25, 0.3) is 0 Å². The van der Waals surface area contributed by atoms with Crippen LogP contribution < -0.4 is 10.6 Å². The van der Waals surface area contributed by atoms with Gasteiger partial charge in [-0.15, -0.1) is 0 Å². The number of rotatable bonds is 7. The number of aromatic hydroxyl groups is 1. The molecule has 0 atom stereocenters. The van der Waals surface area contributed by atoms with Gasteiger partial charge in [-0.2, -0.15) is 13.2 Å². The van der Waals surface area contributed by atoms with E-state index in [4.69, 9.17) is 11.6 Å². The lowest BCUT2D eigenvalue weighted by molar-refractivity contribution is -0.192. The number of hydrogen-bond donors (Lipinski definition) is 3. The molecule has 0 unspecified atom stereocenters. The maximum Gasteiger partial charge on any atom is 0.403 e. The Morgan fingerprint density at radius 3 is 2.40 bits per heavy atom. The highest BCUT2D eigenvalue weighted by Gasteiger charge is 2.68. The molecule has 0 spiro atoms. The average molecular weight is 448 g/mol. The maximum atomic E-state index is 12.9. The normalized spacial score (nSPS) is 19.3. The number of hydrogen-bond acceptors (Lipinski definition) is 4. The highest BCUT2D eigenvalue weighted by Crippen LogP contribution is 2.57. The lowest BCUT2D eigenvalue weighted by atomic mass is 9.96. The van der Waals surface area contributed by atoms with Crippen molar-refractivity contribution in [3.63, 3.8) is 0 Å². The molecule has 1 aromatic rings. The summed E-state index contributed by atoms with van der Waals surface area (Å²) >= 11 is 5.84. The molecule has 1 aliphatic heterocycles. The molecular formula is C20H25ClF3N3O3. The van der Waals surface area contributed by atoms with E-state index in [0.717, 1.165) is 25.9 Å². The minimum Gasteiger partial charge on any atom is -0.508 e. The predicted octanol–water partition coefficient (Wildman–Crippen LogP) is 2.95. The van der Waals surface area contributed by atoms with Gasteiger partial charge in [0.05, 0.1) is 0 Å². The summed E-state index contributed by atoms with van der Waals surface area (Å²) < 4.78 is 38.8. The van der Waals surface area contributed by atoms with E-state index in [2.05, 4.69) is 15.5 Å². The van der Waals surface area contributed by atoms with Gasteiger partial charge in [0.25, 0.3) is 5.91 Å². The Balaban J connectivity index is 1.34. The van der Waals surface area contributed by atoms with Crippen LogP contribution >= 0.6 is 11.6 Å². The standard InChI is InChI=1S/C20H25ClF3N3O3/c21-15-9-14(10-16(28)11-15)17(29)26-12-13-1-6-27(7-2-13)8-5-25-18(30)19(3-4-19)20(22,23)24/h9-11,13,28H,1-8,12H2,(H,25,30)(H,26,29). The van der Waals surface area contributed by atoms with Crippen molar-refractivity contribution in [2.45, 2.75) is 31.9 Å². The lowest BCUT2D eigenvalue weighted by Crippen LogP contribution is -2.45. The number of nitrogens with one attached hydrogen (secondary N) is 2. The van der Waals surface area contributed by atoms with Crippen LogP contribution in [0.3, 0.4) is 0 Å². The zero-order chi connectivity index (χ0) is 21.9. The van der Waals surface area contributed by atoms with E-state index in [-0.39, 0.29) is 42.0 Å². The fourth-order valence-corrected chi connectivity index (χ4v) is 3.95. The summed E-state index contributed by atoms with van der Waals surface area (Å²) in [5.74, 6) is -1.01. The van der Waals surface area contributed by atoms with E-state index in [9.17, 15) is 27.9 Å². The van der Waals surface area contributed by atoms with Crippen molar-refractivity contribution in [3.8, 4) is 5.75 Å². The molecule has 3 rings (SSSR count). The van der Waals surface area contributed by atoms with Crippen molar-refractivity contribution in [3.05, 3.63) is 28.8 Å². The smallest absolute Gasteiger partial charge is 0.403 e. The van der Waals surface area contributed by atoms with E-state index in [1.165, 1.54) is 18.2 Å². The van der Waals surface area contributed by atoms with Crippen LogP contribution in [0, 0.1) is 11.3 Å². The third-order valence-electron chi connectivity index (χ3n) is 5.84. The van der Waals surface area contributed by atoms with Crippen molar-refractivity contribution >= 4 is 23.4 Å². The molecule has 0 aromatic heterocycles. The van der Waals surface area contributed by atoms with Gasteiger partial charge in [-0.05, 0) is 62.9 Å². The molecule has 2 amide bonds. The number of likely N-dealkylation sites (tertiary alicyclic amines) is 1. The van der Waals surface area contributed by atoms with Crippen molar-refractivity contribution in [1.82, 2.24) is 15.5 Å². The molecule has 0 radical (unpaired) electrons. The zero-order valence-electron chi connectivity index (χ0n) is 16.4. The van der Waals surface area contributed by atoms with Gasteiger partial charge in [0.2, 0.25) is 5.91 Å². The number of alkyl halides is 3. The summed E-state index contributed by atoms with van der Waals surface area (Å²) in [6.45, 7) is 2.68. The van der Waals surface area contributed by atoms with Gasteiger partial charge in [-0.3, -0.25) is 9.59 Å². The number of amides is 2. The topological polar surface area (TPSA) is 81.7 Å². The Kier molecular flexibility index (Phi) is 6.81. The Bertz CT molecular complexity index is 771. The van der Waals surface area contributed by atoms with Crippen LogP contribution in [0.15, 0.2) is 18.2 Å². The minimum absolute atomic E-state index is 0.0733. The van der Waals surface area contributed by atoms with Crippen molar-refractivity contribution < 1.29 is 27.9 Å². The van der Waals surface area contributed by atoms with Crippen LogP contribution in [0.4, 0.5) is 13.2 Å². The van der Waals surface area contributed by atoms with Crippen molar-refractivity contribution in [2.75, 3.05) is 32.7 Å². The van der Waals surface area contributed by atoms with Gasteiger partial charge < -0.3 is 20.6 Å². The molecule has 1 heterocycles. The fraction of sp³-hybridized carbons (Fsp3) is 0.600. The number of piperidine rings is 1. The van der Waals surface area contributed by atoms with E-state index < -0.39 is 17.5 Å². The Morgan fingerprint density at radius 2 is 1.83 bits per heavy atom.